The van der Waals surface area contributed by atoms with Crippen LogP contribution in [-0.2, 0) is 0 Å². The Hall–Kier alpha value is -3.53. The van der Waals surface area contributed by atoms with E-state index in [0.717, 1.165) is 16.5 Å². The number of ketones is 1. The fourth-order valence-electron chi connectivity index (χ4n) is 2.85. The van der Waals surface area contributed by atoms with E-state index < -0.39 is 0 Å². The molecule has 1 aromatic heterocycles. The van der Waals surface area contributed by atoms with Crippen LogP contribution in [0.5, 0.6) is 5.75 Å². The number of hydrogen-bond donors (Lipinski definition) is 0. The second-order valence-electron chi connectivity index (χ2n) is 5.84. The summed E-state index contributed by atoms with van der Waals surface area (Å²) in [4.78, 5) is 22.3. The summed E-state index contributed by atoms with van der Waals surface area (Å²) in [6, 6.07) is 24.3. The number of rotatable bonds is 4. The smallest absolute Gasteiger partial charge is 0.212 e. The highest BCUT2D eigenvalue weighted by atomic mass is 16.5. The molecule has 0 amide bonds. The summed E-state index contributed by atoms with van der Waals surface area (Å²) in [6.07, 6.45) is 0. The predicted molar refractivity (Wildman–Crippen MR) is 101 cm³/mol. The van der Waals surface area contributed by atoms with E-state index in [-0.39, 0.29) is 5.78 Å². The highest BCUT2D eigenvalue weighted by molar-refractivity contribution is 6.14. The third-order valence-corrected chi connectivity index (χ3v) is 4.20. The van der Waals surface area contributed by atoms with Crippen molar-refractivity contribution in [3.8, 4) is 17.1 Å². The highest BCUT2D eigenvalue weighted by Crippen LogP contribution is 2.24. The maximum absolute atomic E-state index is 13.1. The van der Waals surface area contributed by atoms with Crippen molar-refractivity contribution in [1.29, 1.82) is 0 Å². The van der Waals surface area contributed by atoms with E-state index in [1.165, 1.54) is 0 Å². The lowest BCUT2D eigenvalue weighted by atomic mass is 10.0. The average molecular weight is 340 g/mol. The van der Waals surface area contributed by atoms with Crippen molar-refractivity contribution in [3.63, 3.8) is 0 Å². The zero-order valence-electron chi connectivity index (χ0n) is 14.2. The Kier molecular flexibility index (Phi) is 4.15. The molecule has 0 radical (unpaired) electrons. The molecule has 1 heterocycles. The minimum Gasteiger partial charge on any atom is -0.497 e. The predicted octanol–water partition coefficient (Wildman–Crippen LogP) is 4.54. The number of nitrogens with zero attached hydrogens (tertiary/aromatic N) is 2. The molecule has 126 valence electrons. The van der Waals surface area contributed by atoms with E-state index in [0.29, 0.717) is 22.8 Å². The maximum atomic E-state index is 13.1. The van der Waals surface area contributed by atoms with E-state index in [9.17, 15) is 4.79 Å². The molecule has 0 spiro atoms. The van der Waals surface area contributed by atoms with Gasteiger partial charge in [-0.2, -0.15) is 0 Å². The average Bonchev–Trinajstić information content (AvgIpc) is 2.73. The summed E-state index contributed by atoms with van der Waals surface area (Å²) in [7, 11) is 1.60. The van der Waals surface area contributed by atoms with Gasteiger partial charge < -0.3 is 4.74 Å². The summed E-state index contributed by atoms with van der Waals surface area (Å²) in [5.41, 5.74) is 2.59. The molecule has 0 aliphatic heterocycles. The van der Waals surface area contributed by atoms with Gasteiger partial charge in [-0.15, -0.1) is 0 Å². The van der Waals surface area contributed by atoms with Crippen molar-refractivity contribution in [3.05, 3.63) is 90.1 Å². The summed E-state index contributed by atoms with van der Waals surface area (Å²) in [5, 5.41) is 0.744. The highest BCUT2D eigenvalue weighted by Gasteiger charge is 2.17. The topological polar surface area (TPSA) is 52.1 Å². The van der Waals surface area contributed by atoms with Gasteiger partial charge in [0.25, 0.3) is 0 Å². The standard InChI is InChI=1S/C22H16N2O2/c1-26-17-13-11-15(12-14-17)21(25)20-18-9-5-6-10-19(18)23-22(24-20)16-7-3-2-4-8-16/h2-14H,1H3. The third-order valence-electron chi connectivity index (χ3n) is 4.20. The van der Waals surface area contributed by atoms with Gasteiger partial charge >= 0.3 is 0 Å². The van der Waals surface area contributed by atoms with Crippen LogP contribution in [0.4, 0.5) is 0 Å². The molecule has 3 aromatic carbocycles. The quantitative estimate of drug-likeness (QED) is 0.512. The first-order chi connectivity index (χ1) is 12.8. The van der Waals surface area contributed by atoms with Crippen molar-refractivity contribution in [2.24, 2.45) is 0 Å². The Morgan fingerprint density at radius 2 is 1.50 bits per heavy atom. The molecule has 4 heteroatoms. The summed E-state index contributed by atoms with van der Waals surface area (Å²) in [5.74, 6) is 1.11. The molecule has 0 N–H and O–H groups in total. The van der Waals surface area contributed by atoms with E-state index >= 15 is 0 Å². The number of ether oxygens (including phenoxy) is 1. The fourth-order valence-corrected chi connectivity index (χ4v) is 2.85. The zero-order valence-corrected chi connectivity index (χ0v) is 14.2. The Labute approximate surface area is 151 Å². The summed E-state index contributed by atoms with van der Waals surface area (Å²) in [6.45, 7) is 0. The molecule has 0 saturated heterocycles. The minimum atomic E-state index is -0.136. The first kappa shape index (κ1) is 16.0. The SMILES string of the molecule is COc1ccc(C(=O)c2nc(-c3ccccc3)nc3ccccc23)cc1. The van der Waals surface area contributed by atoms with Crippen molar-refractivity contribution in [2.75, 3.05) is 7.11 Å². The van der Waals surface area contributed by atoms with Crippen LogP contribution in [0, 0.1) is 0 Å². The Bertz CT molecular complexity index is 1070. The number of carbonyl (C=O) groups excluding carboxylic acids is 1. The number of hydrogen-bond acceptors (Lipinski definition) is 4. The first-order valence-corrected chi connectivity index (χ1v) is 8.27. The van der Waals surface area contributed by atoms with Gasteiger partial charge in [0, 0.05) is 16.5 Å². The van der Waals surface area contributed by atoms with Gasteiger partial charge in [-0.25, -0.2) is 9.97 Å². The van der Waals surface area contributed by atoms with Gasteiger partial charge in [0.05, 0.1) is 12.6 Å². The second kappa shape index (κ2) is 6.76. The molecule has 0 aliphatic rings. The number of benzene rings is 3. The minimum absolute atomic E-state index is 0.136. The number of para-hydroxylation sites is 1. The molecular formula is C22H16N2O2. The van der Waals surface area contributed by atoms with E-state index in [1.807, 2.05) is 54.6 Å². The van der Waals surface area contributed by atoms with E-state index in [2.05, 4.69) is 9.97 Å². The van der Waals surface area contributed by atoms with Gasteiger partial charge in [-0.3, -0.25) is 4.79 Å². The van der Waals surface area contributed by atoms with Crippen LogP contribution in [0.2, 0.25) is 0 Å². The molecule has 0 unspecified atom stereocenters. The monoisotopic (exact) mass is 340 g/mol. The van der Waals surface area contributed by atoms with Gasteiger partial charge in [0.1, 0.15) is 11.4 Å². The largest absolute Gasteiger partial charge is 0.497 e. The Morgan fingerprint density at radius 3 is 2.23 bits per heavy atom. The van der Waals surface area contributed by atoms with Crippen LogP contribution in [0.25, 0.3) is 22.3 Å². The lowest BCUT2D eigenvalue weighted by molar-refractivity contribution is 0.103. The van der Waals surface area contributed by atoms with Crippen LogP contribution in [0.15, 0.2) is 78.9 Å². The molecule has 0 saturated carbocycles. The van der Waals surface area contributed by atoms with Crippen molar-refractivity contribution in [1.82, 2.24) is 9.97 Å². The molecule has 0 fully saturated rings. The molecule has 0 aliphatic carbocycles. The van der Waals surface area contributed by atoms with Crippen LogP contribution in [-0.4, -0.2) is 22.9 Å². The van der Waals surface area contributed by atoms with Gasteiger partial charge in [0.15, 0.2) is 5.82 Å². The number of aromatic nitrogens is 2. The molecule has 4 rings (SSSR count). The van der Waals surface area contributed by atoms with Gasteiger partial charge in [0.2, 0.25) is 5.78 Å². The second-order valence-corrected chi connectivity index (χ2v) is 5.84. The zero-order chi connectivity index (χ0) is 17.9. The van der Waals surface area contributed by atoms with Gasteiger partial charge in [-0.1, -0.05) is 48.5 Å². The number of carbonyl (C=O) groups is 1. The first-order valence-electron chi connectivity index (χ1n) is 8.27. The summed E-state index contributed by atoms with van der Waals surface area (Å²) < 4.78 is 5.16. The lowest BCUT2D eigenvalue weighted by Crippen LogP contribution is -2.07. The lowest BCUT2D eigenvalue weighted by Gasteiger charge is -2.09. The number of methoxy groups -OCH3 is 1. The van der Waals surface area contributed by atoms with E-state index in [4.69, 9.17) is 4.74 Å². The van der Waals surface area contributed by atoms with E-state index in [1.54, 1.807) is 31.4 Å². The fraction of sp³-hybridized carbons (Fsp3) is 0.0455. The third kappa shape index (κ3) is 2.93. The van der Waals surface area contributed by atoms with Crippen molar-refractivity contribution < 1.29 is 9.53 Å². The molecule has 0 bridgehead atoms. The molecule has 26 heavy (non-hydrogen) atoms. The molecule has 4 nitrogen and oxygen atoms in total. The molecule has 0 atom stereocenters. The van der Waals surface area contributed by atoms with Crippen LogP contribution < -0.4 is 4.74 Å². The summed E-state index contributed by atoms with van der Waals surface area (Å²) >= 11 is 0. The Morgan fingerprint density at radius 1 is 0.808 bits per heavy atom. The number of fused-ring (bicyclic) bond motifs is 1. The molecule has 4 aromatic rings. The van der Waals surface area contributed by atoms with Crippen LogP contribution in [0.3, 0.4) is 0 Å². The normalized spacial score (nSPS) is 10.7. The molecular weight excluding hydrogens is 324 g/mol. The van der Waals surface area contributed by atoms with Gasteiger partial charge in [-0.05, 0) is 30.3 Å². The Balaban J connectivity index is 1.88. The van der Waals surface area contributed by atoms with Crippen LogP contribution >= 0.6 is 0 Å². The van der Waals surface area contributed by atoms with Crippen LogP contribution in [0.1, 0.15) is 16.1 Å². The van der Waals surface area contributed by atoms with Crippen molar-refractivity contribution >= 4 is 16.7 Å². The maximum Gasteiger partial charge on any atom is 0.212 e. The van der Waals surface area contributed by atoms with Crippen molar-refractivity contribution in [2.45, 2.75) is 0 Å².